The van der Waals surface area contributed by atoms with Crippen LogP contribution < -0.4 is 4.74 Å². The highest BCUT2D eigenvalue weighted by Crippen LogP contribution is 2.30. The first-order valence-electron chi connectivity index (χ1n) is 11.5. The number of benzene rings is 2. The van der Waals surface area contributed by atoms with Crippen LogP contribution in [0.2, 0.25) is 0 Å². The van der Waals surface area contributed by atoms with Gasteiger partial charge in [0.25, 0.3) is 0 Å². The molecule has 4 nitrogen and oxygen atoms in total. The number of pyridine rings is 1. The monoisotopic (exact) mass is 496 g/mol. The molecular formula is C28H24F4N2O2. The molecule has 0 N–H and O–H groups in total. The smallest absolute Gasteiger partial charge is 0.416 e. The quantitative estimate of drug-likeness (QED) is 0.168. The third-order valence-electron chi connectivity index (χ3n) is 5.49. The van der Waals surface area contributed by atoms with Crippen molar-refractivity contribution in [2.24, 2.45) is 0 Å². The summed E-state index contributed by atoms with van der Waals surface area (Å²) in [5.74, 6) is -0.0964. The number of rotatable bonds is 10. The van der Waals surface area contributed by atoms with Crippen LogP contribution in [0.3, 0.4) is 0 Å². The van der Waals surface area contributed by atoms with Gasteiger partial charge in [-0.1, -0.05) is 24.3 Å². The highest BCUT2D eigenvalue weighted by molar-refractivity contribution is 5.66. The van der Waals surface area contributed by atoms with Crippen molar-refractivity contribution in [3.05, 3.63) is 113 Å². The fourth-order valence-corrected chi connectivity index (χ4v) is 3.56. The molecule has 0 saturated heterocycles. The van der Waals surface area contributed by atoms with Gasteiger partial charge in [0.1, 0.15) is 30.1 Å². The number of oxazole rings is 1. The van der Waals surface area contributed by atoms with Crippen LogP contribution in [0.15, 0.2) is 77.5 Å². The Kier molecular flexibility index (Phi) is 8.15. The Morgan fingerprint density at radius 1 is 0.889 bits per heavy atom. The zero-order valence-electron chi connectivity index (χ0n) is 19.3. The molecule has 0 amide bonds. The third-order valence-corrected chi connectivity index (χ3v) is 5.49. The summed E-state index contributed by atoms with van der Waals surface area (Å²) in [6.07, 6.45) is 5.42. The van der Waals surface area contributed by atoms with Crippen LogP contribution in [-0.2, 0) is 25.6 Å². The van der Waals surface area contributed by atoms with Gasteiger partial charge >= 0.3 is 6.18 Å². The molecule has 0 spiro atoms. The first-order valence-corrected chi connectivity index (χ1v) is 11.5. The molecule has 2 aromatic heterocycles. The van der Waals surface area contributed by atoms with Gasteiger partial charge in [-0.2, -0.15) is 13.2 Å². The van der Waals surface area contributed by atoms with Crippen LogP contribution >= 0.6 is 0 Å². The second-order valence-corrected chi connectivity index (χ2v) is 8.21. The average molecular weight is 497 g/mol. The maximum absolute atomic E-state index is 14.0. The van der Waals surface area contributed by atoms with E-state index in [0.717, 1.165) is 43.5 Å². The summed E-state index contributed by atoms with van der Waals surface area (Å²) < 4.78 is 63.0. The maximum atomic E-state index is 14.0. The molecule has 0 aliphatic rings. The van der Waals surface area contributed by atoms with Gasteiger partial charge in [0.2, 0.25) is 5.89 Å². The fourth-order valence-electron chi connectivity index (χ4n) is 3.56. The summed E-state index contributed by atoms with van der Waals surface area (Å²) in [5, 5.41) is 0. The normalized spacial score (nSPS) is 11.8. The predicted molar refractivity (Wildman–Crippen MR) is 128 cm³/mol. The third kappa shape index (κ3) is 7.28. The lowest BCUT2D eigenvalue weighted by atomic mass is 10.1. The van der Waals surface area contributed by atoms with Crippen molar-refractivity contribution in [1.29, 1.82) is 0 Å². The van der Waals surface area contributed by atoms with Crippen LogP contribution in [0, 0.1) is 5.82 Å². The lowest BCUT2D eigenvalue weighted by Crippen LogP contribution is -2.05. The van der Waals surface area contributed by atoms with Gasteiger partial charge in [-0.3, -0.25) is 4.98 Å². The standard InChI is InChI=1S/C28H24F4N2O2/c29-26-17-22(28(30,31)32)12-10-21(26)11-15-27-34-24(19-36-27)18-35-25-13-8-20(9-14-25)5-1-2-6-23-7-3-4-16-33-23/h3-4,7-17,19H,1-2,5-6,18H2/b15-11+. The van der Waals surface area contributed by atoms with Gasteiger partial charge in [0.15, 0.2) is 0 Å². The Morgan fingerprint density at radius 2 is 1.69 bits per heavy atom. The number of hydrogen-bond donors (Lipinski definition) is 0. The van der Waals surface area contributed by atoms with E-state index < -0.39 is 17.6 Å². The van der Waals surface area contributed by atoms with Crippen LogP contribution in [0.4, 0.5) is 17.6 Å². The second kappa shape index (κ2) is 11.7. The van der Waals surface area contributed by atoms with Gasteiger partial charge in [-0.15, -0.1) is 0 Å². The molecule has 2 heterocycles. The average Bonchev–Trinajstić information content (AvgIpc) is 3.33. The Morgan fingerprint density at radius 3 is 2.42 bits per heavy atom. The van der Waals surface area contributed by atoms with Gasteiger partial charge in [-0.05, 0) is 73.7 Å². The van der Waals surface area contributed by atoms with Crippen molar-refractivity contribution in [2.45, 2.75) is 38.5 Å². The van der Waals surface area contributed by atoms with Crippen LogP contribution in [0.1, 0.15) is 46.8 Å². The highest BCUT2D eigenvalue weighted by Gasteiger charge is 2.30. The van der Waals surface area contributed by atoms with E-state index in [1.54, 1.807) is 0 Å². The molecule has 8 heteroatoms. The van der Waals surface area contributed by atoms with Crippen molar-refractivity contribution in [1.82, 2.24) is 9.97 Å². The van der Waals surface area contributed by atoms with Crippen molar-refractivity contribution in [3.63, 3.8) is 0 Å². The molecule has 186 valence electrons. The molecule has 0 aliphatic heterocycles. The van der Waals surface area contributed by atoms with E-state index >= 15 is 0 Å². The molecule has 0 radical (unpaired) electrons. The van der Waals surface area contributed by atoms with E-state index in [1.807, 2.05) is 48.7 Å². The molecule has 4 aromatic rings. The maximum Gasteiger partial charge on any atom is 0.416 e. The number of aromatic nitrogens is 2. The topological polar surface area (TPSA) is 48.2 Å². The van der Waals surface area contributed by atoms with Gasteiger partial charge in [0.05, 0.1) is 5.56 Å². The molecular weight excluding hydrogens is 472 g/mol. The molecule has 0 unspecified atom stereocenters. The Hall–Kier alpha value is -3.94. The number of aryl methyl sites for hydroxylation is 2. The first-order chi connectivity index (χ1) is 17.4. The van der Waals surface area contributed by atoms with Crippen molar-refractivity contribution >= 4 is 12.2 Å². The Bertz CT molecular complexity index is 1280. The molecule has 0 saturated carbocycles. The minimum Gasteiger partial charge on any atom is -0.487 e. The van der Waals surface area contributed by atoms with Crippen molar-refractivity contribution in [2.75, 3.05) is 0 Å². The van der Waals surface area contributed by atoms with Crippen LogP contribution in [0.25, 0.3) is 12.2 Å². The Balaban J connectivity index is 1.23. The van der Waals surface area contributed by atoms with E-state index in [0.29, 0.717) is 17.5 Å². The van der Waals surface area contributed by atoms with Gasteiger partial charge in [-0.25, -0.2) is 9.37 Å². The predicted octanol–water partition coefficient (Wildman–Crippen LogP) is 7.54. The van der Waals surface area contributed by atoms with Crippen molar-refractivity contribution in [3.8, 4) is 5.75 Å². The summed E-state index contributed by atoms with van der Waals surface area (Å²) in [5.41, 5.74) is 1.82. The summed E-state index contributed by atoms with van der Waals surface area (Å²) in [7, 11) is 0. The number of hydrogen-bond acceptors (Lipinski definition) is 4. The van der Waals surface area contributed by atoms with E-state index in [4.69, 9.17) is 9.15 Å². The molecule has 0 atom stereocenters. The number of unbranched alkanes of at least 4 members (excludes halogenated alkanes) is 1. The zero-order chi connectivity index (χ0) is 25.4. The van der Waals surface area contributed by atoms with E-state index in [-0.39, 0.29) is 18.1 Å². The highest BCUT2D eigenvalue weighted by atomic mass is 19.4. The molecule has 0 fully saturated rings. The number of alkyl halides is 3. The van der Waals surface area contributed by atoms with Gasteiger partial charge < -0.3 is 9.15 Å². The summed E-state index contributed by atoms with van der Waals surface area (Å²) in [4.78, 5) is 8.57. The second-order valence-electron chi connectivity index (χ2n) is 8.21. The van der Waals surface area contributed by atoms with Crippen LogP contribution in [0.5, 0.6) is 5.75 Å². The number of ether oxygens (including phenoxy) is 1. The molecule has 4 rings (SSSR count). The minimum atomic E-state index is -4.60. The fraction of sp³-hybridized carbons (Fsp3) is 0.214. The minimum absolute atomic E-state index is 0.00387. The van der Waals surface area contributed by atoms with Gasteiger partial charge in [0, 0.05) is 23.5 Å². The van der Waals surface area contributed by atoms with E-state index in [2.05, 4.69) is 9.97 Å². The number of nitrogens with zero attached hydrogens (tertiary/aromatic N) is 2. The summed E-state index contributed by atoms with van der Waals surface area (Å²) >= 11 is 0. The zero-order valence-corrected chi connectivity index (χ0v) is 19.3. The first kappa shape index (κ1) is 25.2. The Labute approximate surface area is 206 Å². The summed E-state index contributed by atoms with van der Waals surface area (Å²) in [6.45, 7) is 0.176. The molecule has 2 aromatic carbocycles. The molecule has 0 aliphatic carbocycles. The lowest BCUT2D eigenvalue weighted by Gasteiger charge is -2.07. The summed E-state index contributed by atoms with van der Waals surface area (Å²) in [6, 6.07) is 16.2. The van der Waals surface area contributed by atoms with E-state index in [9.17, 15) is 17.6 Å². The molecule has 0 bridgehead atoms. The van der Waals surface area contributed by atoms with E-state index in [1.165, 1.54) is 24.0 Å². The van der Waals surface area contributed by atoms with Crippen LogP contribution in [-0.4, -0.2) is 9.97 Å². The number of halogens is 4. The molecule has 36 heavy (non-hydrogen) atoms. The van der Waals surface area contributed by atoms with Crippen molar-refractivity contribution < 1.29 is 26.7 Å². The SMILES string of the molecule is Fc1cc(C(F)(F)F)ccc1/C=C/c1nc(COc2ccc(CCCCc3ccccn3)cc2)co1. The largest absolute Gasteiger partial charge is 0.487 e. The lowest BCUT2D eigenvalue weighted by molar-refractivity contribution is -0.137.